The summed E-state index contributed by atoms with van der Waals surface area (Å²) in [5.74, 6) is 2.24. The van der Waals surface area contributed by atoms with E-state index in [0.717, 1.165) is 21.9 Å². The SMILES string of the molecule is Cc1sc2nc(Cn3ccnc3C)nc(N)c2c1C. The topological polar surface area (TPSA) is 69.6 Å². The Kier molecular flexibility index (Phi) is 2.74. The van der Waals surface area contributed by atoms with E-state index in [4.69, 9.17) is 5.73 Å². The van der Waals surface area contributed by atoms with E-state index in [1.165, 1.54) is 10.4 Å². The first-order chi connectivity index (χ1) is 9.06. The first kappa shape index (κ1) is 12.1. The minimum absolute atomic E-state index is 0.569. The van der Waals surface area contributed by atoms with E-state index in [1.807, 2.05) is 17.7 Å². The minimum Gasteiger partial charge on any atom is -0.383 e. The Bertz CT molecular complexity index is 756. The lowest BCUT2D eigenvalue weighted by molar-refractivity contribution is 0.723. The van der Waals surface area contributed by atoms with Crippen molar-refractivity contribution in [2.24, 2.45) is 0 Å². The van der Waals surface area contributed by atoms with E-state index in [0.29, 0.717) is 12.4 Å². The summed E-state index contributed by atoms with van der Waals surface area (Å²) in [5.41, 5.74) is 7.25. The van der Waals surface area contributed by atoms with E-state index < -0.39 is 0 Å². The summed E-state index contributed by atoms with van der Waals surface area (Å²) >= 11 is 1.67. The lowest BCUT2D eigenvalue weighted by Gasteiger charge is -2.05. The van der Waals surface area contributed by atoms with Crippen LogP contribution in [0.1, 0.15) is 22.1 Å². The van der Waals surface area contributed by atoms with Gasteiger partial charge in [0.25, 0.3) is 0 Å². The highest BCUT2D eigenvalue weighted by molar-refractivity contribution is 7.18. The highest BCUT2D eigenvalue weighted by Gasteiger charge is 2.13. The summed E-state index contributed by atoms with van der Waals surface area (Å²) in [6.07, 6.45) is 3.70. The van der Waals surface area contributed by atoms with Crippen molar-refractivity contribution < 1.29 is 0 Å². The fourth-order valence-corrected chi connectivity index (χ4v) is 3.18. The van der Waals surface area contributed by atoms with Crippen LogP contribution in [-0.2, 0) is 6.54 Å². The zero-order valence-corrected chi connectivity index (χ0v) is 12.0. The summed E-state index contributed by atoms with van der Waals surface area (Å²) in [6.45, 7) is 6.71. The van der Waals surface area contributed by atoms with Crippen molar-refractivity contribution in [2.45, 2.75) is 27.3 Å². The van der Waals surface area contributed by atoms with Crippen LogP contribution in [0.15, 0.2) is 12.4 Å². The molecule has 3 heterocycles. The van der Waals surface area contributed by atoms with Gasteiger partial charge in [-0.05, 0) is 26.3 Å². The summed E-state index contributed by atoms with van der Waals surface area (Å²) in [5, 5.41) is 0.994. The van der Waals surface area contributed by atoms with E-state index in [9.17, 15) is 0 Å². The molecule has 6 heteroatoms. The van der Waals surface area contributed by atoms with Crippen molar-refractivity contribution in [2.75, 3.05) is 5.73 Å². The fraction of sp³-hybridized carbons (Fsp3) is 0.308. The summed E-state index contributed by atoms with van der Waals surface area (Å²) in [7, 11) is 0. The van der Waals surface area contributed by atoms with E-state index in [1.54, 1.807) is 17.5 Å². The molecule has 0 unspecified atom stereocenters. The predicted molar refractivity (Wildman–Crippen MR) is 77.4 cm³/mol. The van der Waals surface area contributed by atoms with Crippen LogP contribution in [0.5, 0.6) is 0 Å². The number of nitrogen functional groups attached to an aromatic ring is 1. The van der Waals surface area contributed by atoms with Crippen molar-refractivity contribution in [1.29, 1.82) is 0 Å². The molecular formula is C13H15N5S. The first-order valence-corrected chi connectivity index (χ1v) is 6.87. The minimum atomic E-state index is 0.569. The molecule has 0 radical (unpaired) electrons. The van der Waals surface area contributed by atoms with Crippen LogP contribution < -0.4 is 5.73 Å². The van der Waals surface area contributed by atoms with Crippen LogP contribution in [-0.4, -0.2) is 19.5 Å². The molecule has 0 aromatic carbocycles. The molecule has 0 amide bonds. The molecule has 2 N–H and O–H groups in total. The molecule has 3 aromatic heterocycles. The summed E-state index contributed by atoms with van der Waals surface area (Å²) < 4.78 is 2.01. The van der Waals surface area contributed by atoms with Gasteiger partial charge in [0.05, 0.1) is 11.9 Å². The predicted octanol–water partition coefficient (Wildman–Crippen LogP) is 2.44. The summed E-state index contributed by atoms with van der Waals surface area (Å²) in [6, 6.07) is 0. The van der Waals surface area contributed by atoms with Crippen LogP contribution in [0, 0.1) is 20.8 Å². The second-order valence-corrected chi connectivity index (χ2v) is 5.79. The standard InChI is InChI=1S/C13H15N5S/c1-7-8(2)19-13-11(7)12(14)16-10(17-13)6-18-5-4-15-9(18)3/h4-5H,6H2,1-3H3,(H2,14,16,17). The van der Waals surface area contributed by atoms with E-state index >= 15 is 0 Å². The van der Waals surface area contributed by atoms with Crippen molar-refractivity contribution in [3.63, 3.8) is 0 Å². The Labute approximate surface area is 115 Å². The maximum Gasteiger partial charge on any atom is 0.152 e. The molecule has 19 heavy (non-hydrogen) atoms. The molecule has 98 valence electrons. The number of rotatable bonds is 2. The van der Waals surface area contributed by atoms with Gasteiger partial charge in [0.1, 0.15) is 16.5 Å². The molecule has 0 fully saturated rings. The molecule has 5 nitrogen and oxygen atoms in total. The number of hydrogen-bond acceptors (Lipinski definition) is 5. The lowest BCUT2D eigenvalue weighted by Crippen LogP contribution is -2.07. The number of nitrogens with zero attached hydrogens (tertiary/aromatic N) is 4. The maximum absolute atomic E-state index is 6.07. The van der Waals surface area contributed by atoms with Gasteiger partial charge in [0.15, 0.2) is 5.82 Å². The van der Waals surface area contributed by atoms with Crippen molar-refractivity contribution in [3.8, 4) is 0 Å². The van der Waals surface area contributed by atoms with E-state index in [2.05, 4.69) is 28.8 Å². The average molecular weight is 273 g/mol. The summed E-state index contributed by atoms with van der Waals surface area (Å²) in [4.78, 5) is 15.4. The molecule has 0 aliphatic carbocycles. The fourth-order valence-electron chi connectivity index (χ4n) is 2.12. The van der Waals surface area contributed by atoms with Gasteiger partial charge in [0, 0.05) is 17.3 Å². The monoisotopic (exact) mass is 273 g/mol. The molecule has 0 aliphatic heterocycles. The Morgan fingerprint density at radius 3 is 2.74 bits per heavy atom. The Balaban J connectivity index is 2.09. The highest BCUT2D eigenvalue weighted by atomic mass is 32.1. The smallest absolute Gasteiger partial charge is 0.152 e. The third-order valence-electron chi connectivity index (χ3n) is 3.34. The van der Waals surface area contributed by atoms with Crippen LogP contribution in [0.3, 0.4) is 0 Å². The van der Waals surface area contributed by atoms with Crippen LogP contribution in [0.4, 0.5) is 5.82 Å². The molecule has 3 rings (SSSR count). The second-order valence-electron chi connectivity index (χ2n) is 4.59. The highest BCUT2D eigenvalue weighted by Crippen LogP contribution is 2.31. The Morgan fingerprint density at radius 2 is 2.05 bits per heavy atom. The molecule has 0 atom stereocenters. The number of thiophene rings is 1. The second kappa shape index (κ2) is 4.31. The largest absolute Gasteiger partial charge is 0.383 e. The molecule has 0 saturated heterocycles. The number of aryl methyl sites for hydroxylation is 3. The van der Waals surface area contributed by atoms with Gasteiger partial charge in [-0.1, -0.05) is 0 Å². The zero-order valence-electron chi connectivity index (χ0n) is 11.1. The van der Waals surface area contributed by atoms with Crippen LogP contribution in [0.2, 0.25) is 0 Å². The van der Waals surface area contributed by atoms with Gasteiger partial charge < -0.3 is 10.3 Å². The normalized spacial score (nSPS) is 11.3. The Hall–Kier alpha value is -1.95. The van der Waals surface area contributed by atoms with Crippen molar-refractivity contribution in [3.05, 3.63) is 34.5 Å². The number of anilines is 1. The average Bonchev–Trinajstić information content (AvgIpc) is 2.85. The first-order valence-electron chi connectivity index (χ1n) is 6.06. The molecule has 0 spiro atoms. The van der Waals surface area contributed by atoms with Gasteiger partial charge in [-0.15, -0.1) is 11.3 Å². The van der Waals surface area contributed by atoms with Gasteiger partial charge >= 0.3 is 0 Å². The van der Waals surface area contributed by atoms with Crippen molar-refractivity contribution >= 4 is 27.4 Å². The zero-order chi connectivity index (χ0) is 13.6. The number of aromatic nitrogens is 4. The molecule has 0 aliphatic rings. The Morgan fingerprint density at radius 1 is 1.26 bits per heavy atom. The third kappa shape index (κ3) is 1.98. The molecular weight excluding hydrogens is 258 g/mol. The number of imidazole rings is 1. The van der Waals surface area contributed by atoms with Crippen molar-refractivity contribution in [1.82, 2.24) is 19.5 Å². The number of fused-ring (bicyclic) bond motifs is 1. The van der Waals surface area contributed by atoms with Gasteiger partial charge in [-0.25, -0.2) is 15.0 Å². The number of hydrogen-bond donors (Lipinski definition) is 1. The third-order valence-corrected chi connectivity index (χ3v) is 4.44. The van der Waals surface area contributed by atoms with Crippen LogP contribution in [0.25, 0.3) is 10.2 Å². The molecule has 3 aromatic rings. The quantitative estimate of drug-likeness (QED) is 0.778. The molecule has 0 bridgehead atoms. The van der Waals surface area contributed by atoms with Crippen LogP contribution >= 0.6 is 11.3 Å². The van der Waals surface area contributed by atoms with Gasteiger partial charge in [-0.2, -0.15) is 0 Å². The lowest BCUT2D eigenvalue weighted by atomic mass is 10.2. The number of nitrogens with two attached hydrogens (primary N) is 1. The maximum atomic E-state index is 6.07. The van der Waals surface area contributed by atoms with Gasteiger partial charge in [-0.3, -0.25) is 0 Å². The molecule has 0 saturated carbocycles. The van der Waals surface area contributed by atoms with Gasteiger partial charge in [0.2, 0.25) is 0 Å². The van der Waals surface area contributed by atoms with E-state index in [-0.39, 0.29) is 0 Å².